The second kappa shape index (κ2) is 9.93. The molecule has 184 valence electrons. The number of aromatic nitrogens is 2. The molecule has 1 N–H and O–H groups in total. The molecule has 0 aliphatic rings. The molecule has 16 heteroatoms. The molecule has 0 unspecified atom stereocenters. The van der Waals surface area contributed by atoms with Gasteiger partial charge in [-0.2, -0.15) is 49.5 Å². The van der Waals surface area contributed by atoms with Crippen molar-refractivity contribution in [2.75, 3.05) is 23.4 Å². The number of nitrogens with one attached hydrogen (secondary N) is 1. The average molecular weight is 502 g/mol. The number of anilines is 2. The maximum atomic E-state index is 12.7. The molecule has 1 aromatic carbocycles. The zero-order valence-electron chi connectivity index (χ0n) is 16.3. The maximum absolute atomic E-state index is 12.7. The third kappa shape index (κ3) is 8.22. The molecule has 34 heavy (non-hydrogen) atoms. The number of rotatable bonds is 6. The SMILES string of the molecule is C#CN(C(=O)Nc1cc(OCC(F)(F)F)nc(OCC(F)(F)F)n1)c1ccc(C(F)(F)F)cc1. The molecule has 0 aliphatic heterocycles. The first-order valence-corrected chi connectivity index (χ1v) is 8.60. The van der Waals surface area contributed by atoms with E-state index < -0.39 is 61.0 Å². The van der Waals surface area contributed by atoms with E-state index in [4.69, 9.17) is 6.42 Å². The molecule has 0 saturated heterocycles. The number of alkyl halides is 9. The minimum atomic E-state index is -4.85. The molecule has 0 bridgehead atoms. The second-order valence-corrected chi connectivity index (χ2v) is 6.12. The van der Waals surface area contributed by atoms with E-state index in [2.05, 4.69) is 19.4 Å². The van der Waals surface area contributed by atoms with Crippen molar-refractivity contribution < 1.29 is 53.8 Å². The molecular formula is C18H11F9N4O3. The monoisotopic (exact) mass is 502 g/mol. The summed E-state index contributed by atoms with van der Waals surface area (Å²) < 4.78 is 121. The predicted molar refractivity (Wildman–Crippen MR) is 96.9 cm³/mol. The molecule has 2 amide bonds. The van der Waals surface area contributed by atoms with Crippen LogP contribution in [-0.4, -0.2) is 41.6 Å². The van der Waals surface area contributed by atoms with Crippen LogP contribution in [0.1, 0.15) is 5.56 Å². The second-order valence-electron chi connectivity index (χ2n) is 6.12. The van der Waals surface area contributed by atoms with E-state index in [9.17, 15) is 44.3 Å². The van der Waals surface area contributed by atoms with Crippen molar-refractivity contribution >= 4 is 17.5 Å². The first-order chi connectivity index (χ1) is 15.6. The fourth-order valence-corrected chi connectivity index (χ4v) is 2.12. The maximum Gasteiger partial charge on any atom is 0.422 e. The Kier molecular flexibility index (Phi) is 7.70. The van der Waals surface area contributed by atoms with E-state index in [0.29, 0.717) is 23.1 Å². The lowest BCUT2D eigenvalue weighted by atomic mass is 10.2. The Bertz CT molecular complexity index is 1010. The summed E-state index contributed by atoms with van der Waals surface area (Å²) in [5, 5.41) is 1.96. The van der Waals surface area contributed by atoms with Crippen LogP contribution in [0.4, 0.5) is 55.8 Å². The Labute approximate surface area is 184 Å². The topological polar surface area (TPSA) is 76.6 Å². The third-order valence-corrected chi connectivity index (χ3v) is 3.45. The highest BCUT2D eigenvalue weighted by Gasteiger charge is 2.32. The van der Waals surface area contributed by atoms with E-state index >= 15 is 0 Å². The van der Waals surface area contributed by atoms with Crippen LogP contribution in [0.3, 0.4) is 0 Å². The van der Waals surface area contributed by atoms with Gasteiger partial charge in [-0.15, -0.1) is 0 Å². The van der Waals surface area contributed by atoms with Gasteiger partial charge in [-0.3, -0.25) is 5.32 Å². The van der Waals surface area contributed by atoms with Crippen LogP contribution in [0, 0.1) is 12.5 Å². The van der Waals surface area contributed by atoms with Crippen molar-refractivity contribution in [3.8, 4) is 24.4 Å². The van der Waals surface area contributed by atoms with Gasteiger partial charge in [0.05, 0.1) is 11.3 Å². The van der Waals surface area contributed by atoms with Crippen LogP contribution in [0.25, 0.3) is 0 Å². The summed E-state index contributed by atoms with van der Waals surface area (Å²) in [6.45, 7) is -3.79. The highest BCUT2D eigenvalue weighted by atomic mass is 19.4. The predicted octanol–water partition coefficient (Wildman–Crippen LogP) is 5.01. The highest BCUT2D eigenvalue weighted by Crippen LogP contribution is 2.31. The number of halogens is 9. The van der Waals surface area contributed by atoms with Gasteiger partial charge < -0.3 is 9.47 Å². The van der Waals surface area contributed by atoms with Gasteiger partial charge in [0.1, 0.15) is 5.82 Å². The molecule has 0 radical (unpaired) electrons. The van der Waals surface area contributed by atoms with Crippen LogP contribution in [-0.2, 0) is 6.18 Å². The Morgan fingerprint density at radius 1 is 0.941 bits per heavy atom. The Balaban J connectivity index is 2.27. The summed E-state index contributed by atoms with van der Waals surface area (Å²) in [5.41, 5.74) is -1.26. The number of benzene rings is 1. The number of carbonyl (C=O) groups excluding carboxylic acids is 1. The van der Waals surface area contributed by atoms with Gasteiger partial charge in [-0.25, -0.2) is 9.69 Å². The fourth-order valence-electron chi connectivity index (χ4n) is 2.12. The lowest BCUT2D eigenvalue weighted by Crippen LogP contribution is -2.31. The molecule has 7 nitrogen and oxygen atoms in total. The lowest BCUT2D eigenvalue weighted by molar-refractivity contribution is -0.155. The van der Waals surface area contributed by atoms with Gasteiger partial charge in [0, 0.05) is 12.1 Å². The average Bonchev–Trinajstić information content (AvgIpc) is 2.70. The third-order valence-electron chi connectivity index (χ3n) is 3.45. The van der Waals surface area contributed by atoms with Gasteiger partial charge in [-0.05, 0) is 24.3 Å². The zero-order valence-corrected chi connectivity index (χ0v) is 16.3. The number of hydrogen-bond donors (Lipinski definition) is 1. The summed E-state index contributed by atoms with van der Waals surface area (Å²) in [6, 6.07) is 3.12. The van der Waals surface area contributed by atoms with Gasteiger partial charge in [0.25, 0.3) is 0 Å². The summed E-state index contributed by atoms with van der Waals surface area (Å²) in [4.78, 5) is 19.5. The van der Waals surface area contributed by atoms with Crippen LogP contribution in [0.15, 0.2) is 30.3 Å². The standard InChI is InChI=1S/C18H11F9N4O3/c1-2-31(11-5-3-10(4-6-11)18(25,26)27)15(32)29-12-7-13(33-8-16(19,20)21)30-14(28-12)34-9-17(22,23)24/h1,3-7H,8-9H2,(H,28,29,30,32). The molecule has 1 heterocycles. The van der Waals surface area contributed by atoms with Crippen LogP contribution < -0.4 is 19.7 Å². The summed E-state index contributed by atoms with van der Waals surface area (Å²) >= 11 is 0. The summed E-state index contributed by atoms with van der Waals surface area (Å²) in [5.74, 6) is -1.58. The van der Waals surface area contributed by atoms with Crippen LogP contribution in [0.2, 0.25) is 0 Å². The Morgan fingerprint density at radius 3 is 2.00 bits per heavy atom. The van der Waals surface area contributed by atoms with Crippen LogP contribution >= 0.6 is 0 Å². The lowest BCUT2D eigenvalue weighted by Gasteiger charge is -2.18. The van der Waals surface area contributed by atoms with Crippen molar-refractivity contribution in [2.45, 2.75) is 18.5 Å². The van der Waals surface area contributed by atoms with E-state index in [1.165, 1.54) is 0 Å². The number of terminal acetylenes is 1. The van der Waals surface area contributed by atoms with E-state index in [-0.39, 0.29) is 5.69 Å². The zero-order chi connectivity index (χ0) is 25.7. The van der Waals surface area contributed by atoms with Crippen molar-refractivity contribution in [1.82, 2.24) is 9.97 Å². The molecule has 0 spiro atoms. The van der Waals surface area contributed by atoms with Gasteiger partial charge in [0.2, 0.25) is 5.88 Å². The van der Waals surface area contributed by atoms with Crippen molar-refractivity contribution in [1.29, 1.82) is 0 Å². The molecular weight excluding hydrogens is 491 g/mol. The number of carbonyl (C=O) groups is 1. The minimum Gasteiger partial charge on any atom is -0.468 e. The Hall–Kier alpha value is -3.90. The van der Waals surface area contributed by atoms with E-state index in [1.807, 2.05) is 11.4 Å². The molecule has 2 rings (SSSR count). The number of urea groups is 1. The number of hydrogen-bond acceptors (Lipinski definition) is 5. The number of amides is 2. The largest absolute Gasteiger partial charge is 0.468 e. The molecule has 2 aromatic rings. The molecule has 0 saturated carbocycles. The quantitative estimate of drug-likeness (QED) is 0.342. The summed E-state index contributed by atoms with van der Waals surface area (Å²) in [7, 11) is 0. The molecule has 1 aromatic heterocycles. The van der Waals surface area contributed by atoms with E-state index in [1.54, 1.807) is 0 Å². The Morgan fingerprint density at radius 2 is 1.50 bits per heavy atom. The normalized spacial score (nSPS) is 12.0. The summed E-state index contributed by atoms with van der Waals surface area (Å²) in [6.07, 6.45) is -9.15. The molecule has 0 atom stereocenters. The van der Waals surface area contributed by atoms with Crippen molar-refractivity contribution in [2.24, 2.45) is 0 Å². The van der Waals surface area contributed by atoms with Gasteiger partial charge in [0.15, 0.2) is 13.2 Å². The highest BCUT2D eigenvalue weighted by molar-refractivity contribution is 6.03. The first-order valence-electron chi connectivity index (χ1n) is 8.60. The molecule has 0 aliphatic carbocycles. The fraction of sp³-hybridized carbons (Fsp3) is 0.278. The van der Waals surface area contributed by atoms with Gasteiger partial charge in [-0.1, -0.05) is 6.42 Å². The number of ether oxygens (including phenoxy) is 2. The van der Waals surface area contributed by atoms with E-state index in [0.717, 1.165) is 12.1 Å². The van der Waals surface area contributed by atoms with Crippen molar-refractivity contribution in [3.63, 3.8) is 0 Å². The minimum absolute atomic E-state index is 0.218. The van der Waals surface area contributed by atoms with Crippen molar-refractivity contribution in [3.05, 3.63) is 35.9 Å². The van der Waals surface area contributed by atoms with Gasteiger partial charge >= 0.3 is 30.6 Å². The smallest absolute Gasteiger partial charge is 0.422 e. The first kappa shape index (κ1) is 26.4. The van der Waals surface area contributed by atoms with Crippen LogP contribution in [0.5, 0.6) is 11.9 Å². The number of nitrogens with zero attached hydrogens (tertiary/aromatic N) is 3. The molecule has 0 fully saturated rings.